The van der Waals surface area contributed by atoms with Crippen LogP contribution in [0.5, 0.6) is 0 Å². The number of likely N-dealkylation sites (tertiary alicyclic amines) is 1. The second kappa shape index (κ2) is 7.20. The average molecular weight is 305 g/mol. The lowest BCUT2D eigenvalue weighted by Gasteiger charge is -2.16. The smallest absolute Gasteiger partial charge is 0.308 e. The molecule has 1 aliphatic heterocycles. The molecular weight excluding hydrogens is 285 g/mol. The Labute approximate surface area is 129 Å². The molecule has 1 N–H and O–H groups in total. The summed E-state index contributed by atoms with van der Waals surface area (Å²) in [6, 6.07) is 5.96. The third-order valence-corrected chi connectivity index (χ3v) is 3.96. The average Bonchev–Trinajstić information content (AvgIpc) is 2.93. The van der Waals surface area contributed by atoms with Gasteiger partial charge in [-0.3, -0.25) is 9.59 Å². The number of rotatable bonds is 5. The zero-order chi connectivity index (χ0) is 16.1. The second-order valence-corrected chi connectivity index (χ2v) is 5.49. The molecule has 0 aliphatic carbocycles. The van der Waals surface area contributed by atoms with E-state index in [4.69, 9.17) is 0 Å². The van der Waals surface area contributed by atoms with Crippen molar-refractivity contribution in [3.8, 4) is 0 Å². The molecule has 22 heavy (non-hydrogen) atoms. The lowest BCUT2D eigenvalue weighted by molar-refractivity contribution is -0.141. The first-order valence-corrected chi connectivity index (χ1v) is 7.44. The molecule has 1 amide bonds. The van der Waals surface area contributed by atoms with Crippen LogP contribution in [0.2, 0.25) is 0 Å². The second-order valence-electron chi connectivity index (χ2n) is 5.49. The highest BCUT2D eigenvalue weighted by atomic mass is 19.1. The molecule has 1 aromatic rings. The Kier molecular flexibility index (Phi) is 5.31. The third-order valence-electron chi connectivity index (χ3n) is 3.96. The normalized spacial score (nSPS) is 21.5. The minimum Gasteiger partial charge on any atom is -0.481 e. The van der Waals surface area contributed by atoms with Gasteiger partial charge in [-0.25, -0.2) is 4.39 Å². The van der Waals surface area contributed by atoms with E-state index in [0.717, 1.165) is 6.42 Å². The molecule has 1 saturated heterocycles. The zero-order valence-electron chi connectivity index (χ0n) is 12.5. The maximum absolute atomic E-state index is 13.4. The maximum atomic E-state index is 13.4. The lowest BCUT2D eigenvalue weighted by atomic mass is 9.89. The number of amides is 1. The standard InChI is InChI=1S/C17H20FNO3/c1-2-3-4-8-16(20)19-10-14(15(11-19)17(21)22)12-6-5-7-13(18)9-12/h3-7,9,14-15H,2,8,10-11H2,1H3,(H,21,22)/b4-3+/t14-,15+/m1/s1. The van der Waals surface area contributed by atoms with E-state index in [2.05, 4.69) is 0 Å². The summed E-state index contributed by atoms with van der Waals surface area (Å²) in [6.45, 7) is 2.48. The number of nitrogens with zero attached hydrogens (tertiary/aromatic N) is 1. The number of hydrogen-bond acceptors (Lipinski definition) is 2. The van der Waals surface area contributed by atoms with Gasteiger partial charge in [0, 0.05) is 25.4 Å². The van der Waals surface area contributed by atoms with Crippen LogP contribution in [0.15, 0.2) is 36.4 Å². The van der Waals surface area contributed by atoms with Crippen LogP contribution in [-0.4, -0.2) is 35.0 Å². The van der Waals surface area contributed by atoms with Crippen molar-refractivity contribution < 1.29 is 19.1 Å². The molecule has 0 saturated carbocycles. The van der Waals surface area contributed by atoms with Crippen molar-refractivity contribution in [3.05, 3.63) is 47.8 Å². The molecule has 118 valence electrons. The number of aliphatic carboxylic acids is 1. The van der Waals surface area contributed by atoms with Gasteiger partial charge in [-0.1, -0.05) is 31.2 Å². The first-order chi connectivity index (χ1) is 10.5. The van der Waals surface area contributed by atoms with Gasteiger partial charge >= 0.3 is 5.97 Å². The molecule has 1 aromatic carbocycles. The van der Waals surface area contributed by atoms with Crippen molar-refractivity contribution >= 4 is 11.9 Å². The third kappa shape index (κ3) is 3.72. The molecule has 5 heteroatoms. The minimum absolute atomic E-state index is 0.0881. The Bertz CT molecular complexity index is 585. The Balaban J connectivity index is 2.14. The molecule has 1 aliphatic rings. The molecule has 1 heterocycles. The van der Waals surface area contributed by atoms with Gasteiger partial charge in [0.2, 0.25) is 5.91 Å². The van der Waals surface area contributed by atoms with Crippen LogP contribution in [0.1, 0.15) is 31.2 Å². The van der Waals surface area contributed by atoms with E-state index < -0.39 is 17.7 Å². The largest absolute Gasteiger partial charge is 0.481 e. The van der Waals surface area contributed by atoms with Crippen LogP contribution < -0.4 is 0 Å². The first-order valence-electron chi connectivity index (χ1n) is 7.44. The van der Waals surface area contributed by atoms with Crippen molar-refractivity contribution in [2.75, 3.05) is 13.1 Å². The summed E-state index contributed by atoms with van der Waals surface area (Å²) >= 11 is 0. The summed E-state index contributed by atoms with van der Waals surface area (Å²) < 4.78 is 13.4. The van der Waals surface area contributed by atoms with Crippen LogP contribution in [0.25, 0.3) is 0 Å². The topological polar surface area (TPSA) is 57.6 Å². The molecule has 4 nitrogen and oxygen atoms in total. The van der Waals surface area contributed by atoms with Crippen molar-refractivity contribution in [3.63, 3.8) is 0 Å². The number of halogens is 1. The fraction of sp³-hybridized carbons (Fsp3) is 0.412. The predicted octanol–water partition coefficient (Wildman–Crippen LogP) is 2.81. The summed E-state index contributed by atoms with van der Waals surface area (Å²) in [5.74, 6) is -2.49. The molecule has 0 unspecified atom stereocenters. The molecule has 0 spiro atoms. The summed E-state index contributed by atoms with van der Waals surface area (Å²) in [4.78, 5) is 25.2. The zero-order valence-corrected chi connectivity index (χ0v) is 12.5. The lowest BCUT2D eigenvalue weighted by Crippen LogP contribution is -2.29. The van der Waals surface area contributed by atoms with E-state index in [9.17, 15) is 19.1 Å². The SMILES string of the molecule is CC/C=C/CC(=O)N1C[C@H](C(=O)O)[C@@H](c2cccc(F)c2)C1. The van der Waals surface area contributed by atoms with E-state index in [1.165, 1.54) is 12.1 Å². The minimum atomic E-state index is -0.950. The van der Waals surface area contributed by atoms with Gasteiger partial charge in [-0.2, -0.15) is 0 Å². The van der Waals surface area contributed by atoms with Gasteiger partial charge in [0.05, 0.1) is 5.92 Å². The predicted molar refractivity (Wildman–Crippen MR) is 80.9 cm³/mol. The number of carbonyl (C=O) groups is 2. The molecule has 0 aromatic heterocycles. The fourth-order valence-corrected chi connectivity index (χ4v) is 2.81. The van der Waals surface area contributed by atoms with Gasteiger partial charge in [0.15, 0.2) is 0 Å². The highest BCUT2D eigenvalue weighted by molar-refractivity contribution is 5.80. The molecule has 1 fully saturated rings. The van der Waals surface area contributed by atoms with Crippen LogP contribution in [0.4, 0.5) is 4.39 Å². The van der Waals surface area contributed by atoms with E-state index in [0.29, 0.717) is 12.1 Å². The number of carbonyl (C=O) groups excluding carboxylic acids is 1. The Morgan fingerprint density at radius 3 is 2.77 bits per heavy atom. The molecule has 0 radical (unpaired) electrons. The van der Waals surface area contributed by atoms with Crippen molar-refractivity contribution in [2.45, 2.75) is 25.7 Å². The van der Waals surface area contributed by atoms with Crippen molar-refractivity contribution in [1.29, 1.82) is 0 Å². The Morgan fingerprint density at radius 1 is 1.36 bits per heavy atom. The van der Waals surface area contributed by atoms with E-state index in [1.54, 1.807) is 23.1 Å². The number of hydrogen-bond donors (Lipinski definition) is 1. The van der Waals surface area contributed by atoms with Crippen molar-refractivity contribution in [2.24, 2.45) is 5.92 Å². The number of allylic oxidation sites excluding steroid dienone is 1. The number of carboxylic acids is 1. The quantitative estimate of drug-likeness (QED) is 0.851. The summed E-state index contributed by atoms with van der Waals surface area (Å²) in [7, 11) is 0. The van der Waals surface area contributed by atoms with Crippen LogP contribution in [0.3, 0.4) is 0 Å². The van der Waals surface area contributed by atoms with Crippen LogP contribution in [-0.2, 0) is 9.59 Å². The van der Waals surface area contributed by atoms with Gasteiger partial charge in [0.1, 0.15) is 5.82 Å². The fourth-order valence-electron chi connectivity index (χ4n) is 2.81. The van der Waals surface area contributed by atoms with Crippen LogP contribution >= 0.6 is 0 Å². The first kappa shape index (κ1) is 16.2. The molecule has 0 bridgehead atoms. The maximum Gasteiger partial charge on any atom is 0.308 e. The summed E-state index contributed by atoms with van der Waals surface area (Å²) in [6.07, 6.45) is 4.84. The van der Waals surface area contributed by atoms with E-state index >= 15 is 0 Å². The Hall–Kier alpha value is -2.17. The molecular formula is C17H20FNO3. The van der Waals surface area contributed by atoms with Crippen LogP contribution in [0, 0.1) is 11.7 Å². The highest BCUT2D eigenvalue weighted by Crippen LogP contribution is 2.33. The number of benzene rings is 1. The van der Waals surface area contributed by atoms with E-state index in [-0.39, 0.29) is 24.8 Å². The molecule has 2 atom stereocenters. The highest BCUT2D eigenvalue weighted by Gasteiger charge is 2.40. The van der Waals surface area contributed by atoms with Gasteiger partial charge in [-0.05, 0) is 24.1 Å². The monoisotopic (exact) mass is 305 g/mol. The number of carboxylic acid groups (broad SMARTS) is 1. The summed E-state index contributed by atoms with van der Waals surface area (Å²) in [5.41, 5.74) is 0.631. The summed E-state index contributed by atoms with van der Waals surface area (Å²) in [5, 5.41) is 9.38. The van der Waals surface area contributed by atoms with Gasteiger partial charge < -0.3 is 10.0 Å². The van der Waals surface area contributed by atoms with Crippen molar-refractivity contribution in [1.82, 2.24) is 4.90 Å². The van der Waals surface area contributed by atoms with Gasteiger partial charge in [-0.15, -0.1) is 0 Å². The Morgan fingerprint density at radius 2 is 2.14 bits per heavy atom. The van der Waals surface area contributed by atoms with Gasteiger partial charge in [0.25, 0.3) is 0 Å². The molecule has 2 rings (SSSR count). The van der Waals surface area contributed by atoms with E-state index in [1.807, 2.05) is 13.0 Å².